The van der Waals surface area contributed by atoms with E-state index in [-0.39, 0.29) is 11.8 Å². The average Bonchev–Trinajstić information content (AvgIpc) is 2.70. The molecule has 1 heterocycles. The van der Waals surface area contributed by atoms with E-state index in [1.165, 1.54) is 12.7 Å². The van der Waals surface area contributed by atoms with E-state index in [0.717, 1.165) is 36.9 Å². The van der Waals surface area contributed by atoms with Crippen LogP contribution in [0.4, 0.5) is 5.69 Å². The maximum atomic E-state index is 12.6. The quantitative estimate of drug-likeness (QED) is 0.725. The van der Waals surface area contributed by atoms with Gasteiger partial charge in [-0.25, -0.2) is 4.79 Å². The van der Waals surface area contributed by atoms with E-state index in [1.807, 2.05) is 0 Å². The Morgan fingerprint density at radius 2 is 1.85 bits per heavy atom. The molecule has 1 aliphatic heterocycles. The molecule has 0 atom stereocenters. The van der Waals surface area contributed by atoms with Crippen molar-refractivity contribution in [2.24, 2.45) is 5.92 Å². The number of rotatable bonds is 5. The maximum Gasteiger partial charge on any atom is 0.337 e. The number of hydrogen-bond donors (Lipinski definition) is 1. The molecule has 5 nitrogen and oxygen atoms in total. The van der Waals surface area contributed by atoms with Crippen molar-refractivity contribution < 1.29 is 14.3 Å². The lowest BCUT2D eigenvalue weighted by atomic mass is 9.95. The Hall–Kier alpha value is -2.18. The lowest BCUT2D eigenvalue weighted by Gasteiger charge is -2.31. The SMILES string of the molecule is COC(=O)c1cccc(NC(=O)C2CCN(Cc3ccc(Br)cc3)CC2)c1. The van der Waals surface area contributed by atoms with Crippen LogP contribution in [-0.2, 0) is 16.1 Å². The molecule has 1 amide bonds. The number of carbonyl (C=O) groups excluding carboxylic acids is 2. The molecule has 6 heteroatoms. The average molecular weight is 431 g/mol. The first-order valence-electron chi connectivity index (χ1n) is 9.01. The first-order chi connectivity index (χ1) is 13.0. The summed E-state index contributed by atoms with van der Waals surface area (Å²) in [5, 5.41) is 2.93. The van der Waals surface area contributed by atoms with Crippen LogP contribution in [-0.4, -0.2) is 37.0 Å². The lowest BCUT2D eigenvalue weighted by molar-refractivity contribution is -0.121. The Morgan fingerprint density at radius 1 is 1.15 bits per heavy atom. The number of halogens is 1. The normalized spacial score (nSPS) is 15.3. The van der Waals surface area contributed by atoms with Gasteiger partial charge in [0.05, 0.1) is 12.7 Å². The Kier molecular flexibility index (Phi) is 6.63. The Labute approximate surface area is 167 Å². The van der Waals surface area contributed by atoms with E-state index in [1.54, 1.807) is 24.3 Å². The molecular weight excluding hydrogens is 408 g/mol. The van der Waals surface area contributed by atoms with E-state index in [9.17, 15) is 9.59 Å². The van der Waals surface area contributed by atoms with Crippen molar-refractivity contribution in [2.75, 3.05) is 25.5 Å². The minimum absolute atomic E-state index is 0.00653. The summed E-state index contributed by atoms with van der Waals surface area (Å²) in [7, 11) is 1.34. The van der Waals surface area contributed by atoms with Crippen LogP contribution in [0.3, 0.4) is 0 Å². The Balaban J connectivity index is 1.51. The van der Waals surface area contributed by atoms with Crippen LogP contribution in [0.15, 0.2) is 53.0 Å². The summed E-state index contributed by atoms with van der Waals surface area (Å²) in [5.74, 6) is -0.402. The second-order valence-corrected chi connectivity index (χ2v) is 7.65. The molecular formula is C21H23BrN2O3. The fourth-order valence-corrected chi connectivity index (χ4v) is 3.55. The number of nitrogens with one attached hydrogen (secondary N) is 1. The van der Waals surface area contributed by atoms with Crippen LogP contribution in [0.25, 0.3) is 0 Å². The number of anilines is 1. The maximum absolute atomic E-state index is 12.6. The standard InChI is InChI=1S/C21H23BrN2O3/c1-27-21(26)17-3-2-4-19(13-17)23-20(25)16-9-11-24(12-10-16)14-15-5-7-18(22)8-6-15/h2-8,13,16H,9-12,14H2,1H3,(H,23,25). The van der Waals surface area contributed by atoms with Gasteiger partial charge in [0.15, 0.2) is 0 Å². The second-order valence-electron chi connectivity index (χ2n) is 6.74. The summed E-state index contributed by atoms with van der Waals surface area (Å²) in [6.45, 7) is 2.70. The van der Waals surface area contributed by atoms with Gasteiger partial charge >= 0.3 is 5.97 Å². The topological polar surface area (TPSA) is 58.6 Å². The summed E-state index contributed by atoms with van der Waals surface area (Å²) in [5.41, 5.74) is 2.33. The molecule has 142 valence electrons. The Bertz CT molecular complexity index is 799. The molecule has 0 aromatic heterocycles. The summed E-state index contributed by atoms with van der Waals surface area (Å²) >= 11 is 3.45. The van der Waals surface area contributed by atoms with Crippen molar-refractivity contribution in [3.05, 3.63) is 64.1 Å². The molecule has 0 spiro atoms. The Morgan fingerprint density at radius 3 is 2.52 bits per heavy atom. The minimum Gasteiger partial charge on any atom is -0.465 e. The van der Waals surface area contributed by atoms with Gasteiger partial charge < -0.3 is 10.1 Å². The van der Waals surface area contributed by atoms with Gasteiger partial charge in [-0.1, -0.05) is 34.1 Å². The van der Waals surface area contributed by atoms with E-state index >= 15 is 0 Å². The van der Waals surface area contributed by atoms with Crippen LogP contribution in [0, 0.1) is 5.92 Å². The van der Waals surface area contributed by atoms with Gasteiger partial charge in [0, 0.05) is 22.6 Å². The minimum atomic E-state index is -0.410. The highest BCUT2D eigenvalue weighted by atomic mass is 79.9. The molecule has 0 saturated carbocycles. The number of benzene rings is 2. The van der Waals surface area contributed by atoms with Gasteiger partial charge in [-0.15, -0.1) is 0 Å². The molecule has 2 aromatic carbocycles. The van der Waals surface area contributed by atoms with Crippen LogP contribution < -0.4 is 5.32 Å². The molecule has 1 aliphatic rings. The van der Waals surface area contributed by atoms with Crippen LogP contribution in [0.5, 0.6) is 0 Å². The molecule has 2 aromatic rings. The number of carbonyl (C=O) groups is 2. The molecule has 0 bridgehead atoms. The number of nitrogens with zero attached hydrogens (tertiary/aromatic N) is 1. The highest BCUT2D eigenvalue weighted by Crippen LogP contribution is 2.22. The molecule has 27 heavy (non-hydrogen) atoms. The largest absolute Gasteiger partial charge is 0.465 e. The smallest absolute Gasteiger partial charge is 0.337 e. The van der Waals surface area contributed by atoms with E-state index in [0.29, 0.717) is 11.3 Å². The summed E-state index contributed by atoms with van der Waals surface area (Å²) in [4.78, 5) is 26.6. The van der Waals surface area contributed by atoms with Crippen LogP contribution in [0.2, 0.25) is 0 Å². The van der Waals surface area contributed by atoms with Crippen molar-refractivity contribution in [1.29, 1.82) is 0 Å². The lowest BCUT2D eigenvalue weighted by Crippen LogP contribution is -2.37. The molecule has 1 N–H and O–H groups in total. The number of piperidine rings is 1. The molecule has 0 unspecified atom stereocenters. The highest BCUT2D eigenvalue weighted by molar-refractivity contribution is 9.10. The van der Waals surface area contributed by atoms with Gasteiger partial charge in [-0.05, 0) is 61.8 Å². The van der Waals surface area contributed by atoms with Crippen molar-refractivity contribution in [3.8, 4) is 0 Å². The third-order valence-electron chi connectivity index (χ3n) is 4.83. The van der Waals surface area contributed by atoms with Gasteiger partial charge in [0.25, 0.3) is 0 Å². The van der Waals surface area contributed by atoms with Gasteiger partial charge in [-0.3, -0.25) is 9.69 Å². The zero-order chi connectivity index (χ0) is 19.2. The number of esters is 1. The van der Waals surface area contributed by atoms with Gasteiger partial charge in [0.1, 0.15) is 0 Å². The van der Waals surface area contributed by atoms with E-state index in [4.69, 9.17) is 4.74 Å². The molecule has 3 rings (SSSR count). The summed E-state index contributed by atoms with van der Waals surface area (Å²) < 4.78 is 5.80. The summed E-state index contributed by atoms with van der Waals surface area (Å²) in [6.07, 6.45) is 1.66. The van der Waals surface area contributed by atoms with Crippen molar-refractivity contribution in [2.45, 2.75) is 19.4 Å². The molecule has 1 fully saturated rings. The first kappa shape index (κ1) is 19.6. The second kappa shape index (κ2) is 9.15. The third-order valence-corrected chi connectivity index (χ3v) is 5.36. The third kappa shape index (κ3) is 5.40. The van der Waals surface area contributed by atoms with E-state index in [2.05, 4.69) is 50.4 Å². The number of ether oxygens (including phenoxy) is 1. The number of amides is 1. The van der Waals surface area contributed by atoms with Crippen LogP contribution >= 0.6 is 15.9 Å². The van der Waals surface area contributed by atoms with E-state index < -0.39 is 5.97 Å². The predicted molar refractivity (Wildman–Crippen MR) is 109 cm³/mol. The van der Waals surface area contributed by atoms with Crippen molar-refractivity contribution in [1.82, 2.24) is 4.90 Å². The number of hydrogen-bond acceptors (Lipinski definition) is 4. The number of likely N-dealkylation sites (tertiary alicyclic amines) is 1. The highest BCUT2D eigenvalue weighted by Gasteiger charge is 2.25. The zero-order valence-corrected chi connectivity index (χ0v) is 16.9. The van der Waals surface area contributed by atoms with Gasteiger partial charge in [-0.2, -0.15) is 0 Å². The first-order valence-corrected chi connectivity index (χ1v) is 9.80. The monoisotopic (exact) mass is 430 g/mol. The predicted octanol–water partition coefficient (Wildman–Crippen LogP) is 4.09. The molecule has 0 radical (unpaired) electrons. The van der Waals surface area contributed by atoms with Crippen molar-refractivity contribution in [3.63, 3.8) is 0 Å². The molecule has 0 aliphatic carbocycles. The fraction of sp³-hybridized carbons (Fsp3) is 0.333. The molecule has 1 saturated heterocycles. The zero-order valence-electron chi connectivity index (χ0n) is 15.3. The van der Waals surface area contributed by atoms with Gasteiger partial charge in [0.2, 0.25) is 5.91 Å². The van der Waals surface area contributed by atoms with Crippen LogP contribution in [0.1, 0.15) is 28.8 Å². The summed E-state index contributed by atoms with van der Waals surface area (Å²) in [6, 6.07) is 15.2. The fourth-order valence-electron chi connectivity index (χ4n) is 3.29. The van der Waals surface area contributed by atoms with Crippen molar-refractivity contribution >= 4 is 33.5 Å². The number of methoxy groups -OCH3 is 1.